The molecule has 1 unspecified atom stereocenters. The molecule has 0 bridgehead atoms. The minimum Gasteiger partial charge on any atom is -0.309 e. The van der Waals surface area contributed by atoms with Crippen LogP contribution < -0.4 is 5.32 Å². The van der Waals surface area contributed by atoms with Gasteiger partial charge >= 0.3 is 0 Å². The Morgan fingerprint density at radius 2 is 2.13 bits per heavy atom. The van der Waals surface area contributed by atoms with Crippen LogP contribution >= 0.6 is 0 Å². The molecule has 0 aromatic rings. The normalized spacial score (nSPS) is 29.3. The van der Waals surface area contributed by atoms with Crippen molar-refractivity contribution in [1.82, 2.24) is 10.2 Å². The van der Waals surface area contributed by atoms with Crippen molar-refractivity contribution in [3.05, 3.63) is 0 Å². The molecule has 1 rings (SSSR count). The van der Waals surface area contributed by atoms with Crippen LogP contribution in [0.15, 0.2) is 0 Å². The highest BCUT2D eigenvalue weighted by molar-refractivity contribution is 7.90. The summed E-state index contributed by atoms with van der Waals surface area (Å²) in [5, 5.41) is 3.48. The van der Waals surface area contributed by atoms with Crippen molar-refractivity contribution in [2.24, 2.45) is 0 Å². The van der Waals surface area contributed by atoms with Gasteiger partial charge in [-0.1, -0.05) is 6.92 Å². The molecule has 1 aliphatic rings. The van der Waals surface area contributed by atoms with Gasteiger partial charge in [0.15, 0.2) is 0 Å². The van der Waals surface area contributed by atoms with Gasteiger partial charge in [-0.15, -0.1) is 0 Å². The lowest BCUT2D eigenvalue weighted by atomic mass is 9.96. The molecular formula is C10H22N2O2S. The molecule has 0 aliphatic carbocycles. The Balaban J connectivity index is 2.44. The first-order valence-corrected chi connectivity index (χ1v) is 7.56. The second-order valence-corrected chi connectivity index (χ2v) is 7.01. The number of nitrogens with zero attached hydrogens (tertiary/aromatic N) is 1. The van der Waals surface area contributed by atoms with E-state index in [9.17, 15) is 8.42 Å². The molecular weight excluding hydrogens is 212 g/mol. The fourth-order valence-corrected chi connectivity index (χ4v) is 2.46. The van der Waals surface area contributed by atoms with Gasteiger partial charge in [0.25, 0.3) is 0 Å². The van der Waals surface area contributed by atoms with Gasteiger partial charge in [-0.25, -0.2) is 8.42 Å². The molecule has 5 heteroatoms. The highest BCUT2D eigenvalue weighted by Crippen LogP contribution is 2.14. The molecule has 1 atom stereocenters. The third kappa shape index (κ3) is 4.49. The predicted molar refractivity (Wildman–Crippen MR) is 62.8 cm³/mol. The molecule has 0 radical (unpaired) electrons. The fraction of sp³-hybridized carbons (Fsp3) is 1.00. The quantitative estimate of drug-likeness (QED) is 0.750. The minimum atomic E-state index is -2.83. The summed E-state index contributed by atoms with van der Waals surface area (Å²) in [5.74, 6) is 0.271. The highest BCUT2D eigenvalue weighted by Gasteiger charge is 2.28. The van der Waals surface area contributed by atoms with Crippen LogP contribution in [0.5, 0.6) is 0 Å². The first-order chi connectivity index (χ1) is 6.85. The van der Waals surface area contributed by atoms with E-state index in [-0.39, 0.29) is 11.3 Å². The molecule has 0 spiro atoms. The lowest BCUT2D eigenvalue weighted by Crippen LogP contribution is -2.58. The molecule has 0 saturated carbocycles. The van der Waals surface area contributed by atoms with Gasteiger partial charge in [0.2, 0.25) is 0 Å². The summed E-state index contributed by atoms with van der Waals surface area (Å²) in [6.45, 7) is 7.86. The van der Waals surface area contributed by atoms with Gasteiger partial charge in [0.1, 0.15) is 9.84 Å². The van der Waals surface area contributed by atoms with Gasteiger partial charge in [-0.3, -0.25) is 4.90 Å². The first kappa shape index (κ1) is 12.9. The Morgan fingerprint density at radius 1 is 1.47 bits per heavy atom. The molecule has 90 valence electrons. The molecule has 0 amide bonds. The molecule has 15 heavy (non-hydrogen) atoms. The summed E-state index contributed by atoms with van der Waals surface area (Å²) in [6, 6.07) is 0. The van der Waals surface area contributed by atoms with Crippen LogP contribution in [0.1, 0.15) is 20.3 Å². The average molecular weight is 234 g/mol. The highest BCUT2D eigenvalue weighted by atomic mass is 32.2. The largest absolute Gasteiger partial charge is 0.309 e. The van der Waals surface area contributed by atoms with E-state index in [1.165, 1.54) is 6.26 Å². The van der Waals surface area contributed by atoms with Crippen LogP contribution in [0.4, 0.5) is 0 Å². The van der Waals surface area contributed by atoms with E-state index in [0.29, 0.717) is 6.54 Å². The van der Waals surface area contributed by atoms with Gasteiger partial charge in [0.05, 0.1) is 5.75 Å². The minimum absolute atomic E-state index is 0.149. The predicted octanol–water partition coefficient (Wildman–Crippen LogP) is 0.105. The third-order valence-corrected chi connectivity index (χ3v) is 4.04. The van der Waals surface area contributed by atoms with Crippen LogP contribution in [0.2, 0.25) is 0 Å². The van der Waals surface area contributed by atoms with Gasteiger partial charge < -0.3 is 5.32 Å². The topological polar surface area (TPSA) is 49.4 Å². The Bertz CT molecular complexity index is 303. The lowest BCUT2D eigenvalue weighted by Gasteiger charge is -2.41. The maximum absolute atomic E-state index is 11.1. The summed E-state index contributed by atoms with van der Waals surface area (Å²) in [7, 11) is -2.83. The van der Waals surface area contributed by atoms with Crippen molar-refractivity contribution in [3.63, 3.8) is 0 Å². The second-order valence-electron chi connectivity index (χ2n) is 4.75. The van der Waals surface area contributed by atoms with E-state index in [2.05, 4.69) is 24.1 Å². The molecule has 1 fully saturated rings. The molecule has 0 aromatic heterocycles. The van der Waals surface area contributed by atoms with Crippen molar-refractivity contribution < 1.29 is 8.42 Å². The van der Waals surface area contributed by atoms with Crippen LogP contribution in [-0.2, 0) is 9.84 Å². The van der Waals surface area contributed by atoms with Crippen LogP contribution in [0.3, 0.4) is 0 Å². The number of hydrogen-bond donors (Lipinski definition) is 1. The Kier molecular flexibility index (Phi) is 4.14. The fourth-order valence-electron chi connectivity index (χ4n) is 1.87. The summed E-state index contributed by atoms with van der Waals surface area (Å²) in [4.78, 5) is 2.24. The van der Waals surface area contributed by atoms with Crippen molar-refractivity contribution in [3.8, 4) is 0 Å². The Labute approximate surface area is 93.0 Å². The zero-order chi connectivity index (χ0) is 11.5. The number of sulfone groups is 1. The molecule has 1 heterocycles. The van der Waals surface area contributed by atoms with Crippen molar-refractivity contribution in [1.29, 1.82) is 0 Å². The Hall–Kier alpha value is -0.130. The number of hydrogen-bond acceptors (Lipinski definition) is 4. The van der Waals surface area contributed by atoms with E-state index in [0.717, 1.165) is 26.1 Å². The maximum atomic E-state index is 11.1. The zero-order valence-electron chi connectivity index (χ0n) is 9.91. The SMILES string of the molecule is CCC1(C)CN(CCS(C)(=O)=O)CCN1. The van der Waals surface area contributed by atoms with Gasteiger partial charge in [-0.2, -0.15) is 0 Å². The van der Waals surface area contributed by atoms with E-state index >= 15 is 0 Å². The summed E-state index contributed by atoms with van der Waals surface area (Å²) in [6.07, 6.45) is 2.37. The van der Waals surface area contributed by atoms with Crippen LogP contribution in [0.25, 0.3) is 0 Å². The molecule has 4 nitrogen and oxygen atoms in total. The van der Waals surface area contributed by atoms with Crippen molar-refractivity contribution >= 4 is 9.84 Å². The zero-order valence-corrected chi connectivity index (χ0v) is 10.7. The summed E-state index contributed by atoms with van der Waals surface area (Å²) >= 11 is 0. The smallest absolute Gasteiger partial charge is 0.148 e. The number of rotatable bonds is 4. The van der Waals surface area contributed by atoms with Crippen molar-refractivity contribution in [2.45, 2.75) is 25.8 Å². The van der Waals surface area contributed by atoms with Crippen molar-refractivity contribution in [2.75, 3.05) is 38.2 Å². The molecule has 1 N–H and O–H groups in total. The van der Waals surface area contributed by atoms with E-state index in [1.54, 1.807) is 0 Å². The van der Waals surface area contributed by atoms with E-state index in [4.69, 9.17) is 0 Å². The van der Waals surface area contributed by atoms with E-state index in [1.807, 2.05) is 0 Å². The Morgan fingerprint density at radius 3 is 2.67 bits per heavy atom. The third-order valence-electron chi connectivity index (χ3n) is 3.11. The lowest BCUT2D eigenvalue weighted by molar-refractivity contribution is 0.146. The average Bonchev–Trinajstić information content (AvgIpc) is 2.14. The first-order valence-electron chi connectivity index (χ1n) is 5.50. The molecule has 1 aliphatic heterocycles. The maximum Gasteiger partial charge on any atom is 0.148 e. The van der Waals surface area contributed by atoms with E-state index < -0.39 is 9.84 Å². The van der Waals surface area contributed by atoms with Gasteiger partial charge in [-0.05, 0) is 13.3 Å². The molecule has 1 saturated heterocycles. The van der Waals surface area contributed by atoms with Crippen LogP contribution in [-0.4, -0.2) is 57.0 Å². The summed E-state index contributed by atoms with van der Waals surface area (Å²) in [5.41, 5.74) is 0.149. The molecule has 0 aromatic carbocycles. The standard InChI is InChI=1S/C10H22N2O2S/c1-4-10(2)9-12(6-5-11-10)7-8-15(3,13)14/h11H,4-9H2,1-3H3. The second kappa shape index (κ2) is 4.80. The number of piperazine rings is 1. The monoisotopic (exact) mass is 234 g/mol. The van der Waals surface area contributed by atoms with Gasteiger partial charge in [0, 0.05) is 38.0 Å². The summed E-state index contributed by atoms with van der Waals surface area (Å²) < 4.78 is 22.1. The van der Waals surface area contributed by atoms with Crippen LogP contribution in [0, 0.1) is 0 Å². The number of nitrogens with one attached hydrogen (secondary N) is 1.